The molecule has 3 rings (SSSR count). The van der Waals surface area contributed by atoms with Crippen molar-refractivity contribution in [1.29, 1.82) is 0 Å². The van der Waals surface area contributed by atoms with Crippen molar-refractivity contribution in [3.63, 3.8) is 0 Å². The van der Waals surface area contributed by atoms with E-state index in [1.807, 2.05) is 0 Å². The number of likely N-dealkylation sites (tertiary alicyclic amines) is 1. The van der Waals surface area contributed by atoms with Gasteiger partial charge in [0.1, 0.15) is 0 Å². The van der Waals surface area contributed by atoms with E-state index in [4.69, 9.17) is 0 Å². The minimum Gasteiger partial charge on any atom is -0.304 e. The lowest BCUT2D eigenvalue weighted by Gasteiger charge is -2.32. The van der Waals surface area contributed by atoms with Crippen LogP contribution in [0.2, 0.25) is 0 Å². The summed E-state index contributed by atoms with van der Waals surface area (Å²) >= 11 is 0. The fraction of sp³-hybridized carbons (Fsp3) is 1.00. The number of hydrogen-bond donors (Lipinski definition) is 1. The number of hydrogen-bond acceptors (Lipinski definition) is 3. The molecule has 3 fully saturated rings. The van der Waals surface area contributed by atoms with Crippen molar-refractivity contribution >= 4 is 0 Å². The van der Waals surface area contributed by atoms with Crippen molar-refractivity contribution in [2.24, 2.45) is 5.92 Å². The van der Waals surface area contributed by atoms with Gasteiger partial charge in [-0.05, 0) is 44.7 Å². The first-order valence-electron chi connectivity index (χ1n) is 6.59. The molecule has 2 saturated heterocycles. The topological polar surface area (TPSA) is 18.5 Å². The molecule has 2 aliphatic heterocycles. The van der Waals surface area contributed by atoms with Gasteiger partial charge < -0.3 is 10.2 Å². The van der Waals surface area contributed by atoms with E-state index in [2.05, 4.69) is 15.1 Å². The van der Waals surface area contributed by atoms with Crippen LogP contribution in [0.3, 0.4) is 0 Å². The zero-order valence-corrected chi connectivity index (χ0v) is 9.62. The average molecular weight is 209 g/mol. The van der Waals surface area contributed by atoms with Gasteiger partial charge in [-0.1, -0.05) is 0 Å². The van der Waals surface area contributed by atoms with Crippen molar-refractivity contribution < 1.29 is 0 Å². The highest BCUT2D eigenvalue weighted by atomic mass is 15.3. The molecule has 0 aromatic heterocycles. The van der Waals surface area contributed by atoms with E-state index in [0.29, 0.717) is 0 Å². The summed E-state index contributed by atoms with van der Waals surface area (Å²) in [5.74, 6) is 1.06. The summed E-state index contributed by atoms with van der Waals surface area (Å²) in [6, 6.07) is 0.844. The molecule has 0 aromatic rings. The molecule has 3 nitrogen and oxygen atoms in total. The molecule has 2 heterocycles. The van der Waals surface area contributed by atoms with Crippen LogP contribution in [0.1, 0.15) is 25.7 Å². The van der Waals surface area contributed by atoms with Crippen LogP contribution in [0, 0.1) is 5.92 Å². The Bertz CT molecular complexity index is 209. The van der Waals surface area contributed by atoms with Gasteiger partial charge in [0, 0.05) is 32.3 Å². The van der Waals surface area contributed by atoms with E-state index in [1.165, 1.54) is 58.4 Å². The highest BCUT2D eigenvalue weighted by Crippen LogP contribution is 2.31. The van der Waals surface area contributed by atoms with E-state index in [0.717, 1.165) is 18.6 Å². The van der Waals surface area contributed by atoms with Crippen LogP contribution in [0.4, 0.5) is 0 Å². The molecule has 0 bridgehead atoms. The van der Waals surface area contributed by atoms with Crippen molar-refractivity contribution in [1.82, 2.24) is 15.1 Å². The van der Waals surface area contributed by atoms with Crippen molar-refractivity contribution in [3.05, 3.63) is 0 Å². The second-order valence-corrected chi connectivity index (χ2v) is 5.47. The molecule has 3 aliphatic rings. The maximum absolute atomic E-state index is 3.49. The molecular weight excluding hydrogens is 186 g/mol. The Morgan fingerprint density at radius 3 is 2.80 bits per heavy atom. The van der Waals surface area contributed by atoms with Crippen LogP contribution in [0.5, 0.6) is 0 Å². The SMILES string of the molecule is C1CNCN([C@@H]2CCN(CC3CC3)C2)C1. The number of nitrogens with one attached hydrogen (secondary N) is 1. The first kappa shape index (κ1) is 10.1. The molecule has 1 saturated carbocycles. The summed E-state index contributed by atoms with van der Waals surface area (Å²) in [6.45, 7) is 7.72. The third-order valence-electron chi connectivity index (χ3n) is 4.09. The monoisotopic (exact) mass is 209 g/mol. The fourth-order valence-corrected chi connectivity index (χ4v) is 2.96. The minimum absolute atomic E-state index is 0.844. The highest BCUT2D eigenvalue weighted by Gasteiger charge is 2.31. The standard InChI is InChI=1S/C12H23N3/c1-5-13-10-15(6-1)12-4-7-14(9-12)8-11-2-3-11/h11-13H,1-10H2/t12-/m1/s1. The van der Waals surface area contributed by atoms with Crippen molar-refractivity contribution in [2.45, 2.75) is 31.7 Å². The molecule has 0 spiro atoms. The number of nitrogens with zero attached hydrogens (tertiary/aromatic N) is 2. The highest BCUT2D eigenvalue weighted by molar-refractivity contribution is 4.87. The Kier molecular flexibility index (Phi) is 2.95. The normalized spacial score (nSPS) is 34.8. The molecule has 0 unspecified atom stereocenters. The summed E-state index contributed by atoms with van der Waals surface area (Å²) in [6.07, 6.45) is 5.71. The van der Waals surface area contributed by atoms with Crippen LogP contribution >= 0.6 is 0 Å². The predicted octanol–water partition coefficient (Wildman–Crippen LogP) is 0.724. The molecular formula is C12H23N3. The average Bonchev–Trinajstić information content (AvgIpc) is 2.96. The molecule has 1 N–H and O–H groups in total. The zero-order valence-electron chi connectivity index (χ0n) is 9.62. The first-order valence-corrected chi connectivity index (χ1v) is 6.59. The van der Waals surface area contributed by atoms with E-state index >= 15 is 0 Å². The second-order valence-electron chi connectivity index (χ2n) is 5.47. The quantitative estimate of drug-likeness (QED) is 0.739. The molecule has 15 heavy (non-hydrogen) atoms. The van der Waals surface area contributed by atoms with Crippen LogP contribution in [-0.4, -0.2) is 55.2 Å². The second kappa shape index (κ2) is 4.40. The van der Waals surface area contributed by atoms with Crippen molar-refractivity contribution in [2.75, 3.05) is 39.4 Å². The Hall–Kier alpha value is -0.120. The Morgan fingerprint density at radius 2 is 2.07 bits per heavy atom. The van der Waals surface area contributed by atoms with Crippen LogP contribution in [0.25, 0.3) is 0 Å². The zero-order chi connectivity index (χ0) is 10.1. The van der Waals surface area contributed by atoms with Gasteiger partial charge in [0.05, 0.1) is 0 Å². The van der Waals surface area contributed by atoms with E-state index < -0.39 is 0 Å². The van der Waals surface area contributed by atoms with Crippen LogP contribution < -0.4 is 5.32 Å². The van der Waals surface area contributed by atoms with E-state index in [1.54, 1.807) is 0 Å². The van der Waals surface area contributed by atoms with Gasteiger partial charge in [-0.15, -0.1) is 0 Å². The first-order chi connectivity index (χ1) is 7.42. The molecule has 1 aliphatic carbocycles. The van der Waals surface area contributed by atoms with Gasteiger partial charge in [-0.2, -0.15) is 0 Å². The molecule has 86 valence electrons. The van der Waals surface area contributed by atoms with Crippen molar-refractivity contribution in [3.8, 4) is 0 Å². The Morgan fingerprint density at radius 1 is 1.13 bits per heavy atom. The van der Waals surface area contributed by atoms with Gasteiger partial charge >= 0.3 is 0 Å². The van der Waals surface area contributed by atoms with E-state index in [-0.39, 0.29) is 0 Å². The Balaban J connectivity index is 1.46. The lowest BCUT2D eigenvalue weighted by Crippen LogP contribution is -2.48. The maximum Gasteiger partial charge on any atom is 0.0483 e. The maximum atomic E-state index is 3.49. The van der Waals surface area contributed by atoms with Gasteiger partial charge in [-0.25, -0.2) is 0 Å². The summed E-state index contributed by atoms with van der Waals surface area (Å²) in [7, 11) is 0. The molecule has 0 amide bonds. The molecule has 0 radical (unpaired) electrons. The lowest BCUT2D eigenvalue weighted by atomic mass is 10.2. The number of rotatable bonds is 3. The third kappa shape index (κ3) is 2.52. The van der Waals surface area contributed by atoms with Gasteiger partial charge in [0.25, 0.3) is 0 Å². The lowest BCUT2D eigenvalue weighted by molar-refractivity contribution is 0.152. The third-order valence-corrected chi connectivity index (χ3v) is 4.09. The summed E-state index contributed by atoms with van der Waals surface area (Å²) in [5, 5.41) is 3.49. The largest absolute Gasteiger partial charge is 0.304 e. The molecule has 3 heteroatoms. The minimum atomic E-state index is 0.844. The predicted molar refractivity (Wildman–Crippen MR) is 61.8 cm³/mol. The van der Waals surface area contributed by atoms with E-state index in [9.17, 15) is 0 Å². The van der Waals surface area contributed by atoms with Gasteiger partial charge in [-0.3, -0.25) is 4.90 Å². The summed E-state index contributed by atoms with van der Waals surface area (Å²) in [4.78, 5) is 5.34. The summed E-state index contributed by atoms with van der Waals surface area (Å²) < 4.78 is 0. The van der Waals surface area contributed by atoms with Gasteiger partial charge in [0.2, 0.25) is 0 Å². The fourth-order valence-electron chi connectivity index (χ4n) is 2.96. The van der Waals surface area contributed by atoms with Crippen LogP contribution in [0.15, 0.2) is 0 Å². The summed E-state index contributed by atoms with van der Waals surface area (Å²) in [5.41, 5.74) is 0. The Labute approximate surface area is 92.8 Å². The smallest absolute Gasteiger partial charge is 0.0483 e. The van der Waals surface area contributed by atoms with Gasteiger partial charge in [0.15, 0.2) is 0 Å². The molecule has 1 atom stereocenters. The molecule has 0 aromatic carbocycles. The van der Waals surface area contributed by atoms with Crippen LogP contribution in [-0.2, 0) is 0 Å².